The van der Waals surface area contributed by atoms with Gasteiger partial charge in [0.2, 0.25) is 0 Å². The first-order valence-corrected chi connectivity index (χ1v) is 4.21. The van der Waals surface area contributed by atoms with Crippen molar-refractivity contribution in [1.82, 2.24) is 5.32 Å². The molecule has 1 heterocycles. The zero-order valence-corrected chi connectivity index (χ0v) is 6.89. The maximum Gasteiger partial charge on any atom is 0.108 e. The van der Waals surface area contributed by atoms with Crippen LogP contribution in [-0.4, -0.2) is 18.9 Å². The Morgan fingerprint density at radius 2 is 2.30 bits per heavy atom. The summed E-state index contributed by atoms with van der Waals surface area (Å²) in [5.74, 6) is 0. The van der Waals surface area contributed by atoms with E-state index in [1.54, 1.807) is 0 Å². The van der Waals surface area contributed by atoms with Gasteiger partial charge in [0, 0.05) is 0 Å². The molecule has 2 heteroatoms. The van der Waals surface area contributed by atoms with E-state index in [9.17, 15) is 0 Å². The maximum absolute atomic E-state index is 5.55. The summed E-state index contributed by atoms with van der Waals surface area (Å²) in [6.07, 6.45) is 4.39. The molecule has 10 heavy (non-hydrogen) atoms. The van der Waals surface area contributed by atoms with Gasteiger partial charge in [-0.25, -0.2) is 0 Å². The summed E-state index contributed by atoms with van der Waals surface area (Å²) in [6.45, 7) is 5.39. The molecule has 0 unspecified atom stereocenters. The van der Waals surface area contributed by atoms with Gasteiger partial charge in [0.15, 0.2) is 0 Å². The Labute approximate surface area is 63.0 Å². The molecule has 1 saturated heterocycles. The highest BCUT2D eigenvalue weighted by atomic mass is 16.5. The molecule has 0 saturated carbocycles. The van der Waals surface area contributed by atoms with Crippen molar-refractivity contribution in [2.24, 2.45) is 0 Å². The quantitative estimate of drug-likeness (QED) is 0.646. The van der Waals surface area contributed by atoms with Crippen LogP contribution in [0.2, 0.25) is 0 Å². The minimum absolute atomic E-state index is 0.343. The van der Waals surface area contributed by atoms with E-state index in [-0.39, 0.29) is 0 Å². The van der Waals surface area contributed by atoms with Gasteiger partial charge in [0.1, 0.15) is 6.23 Å². The standard InChI is InChI=1S/C8H17NO/c1-3-6-9-8-5-4-7(2)10-8/h7-9H,3-6H2,1-2H3/t7-,8-/m1/s1. The highest BCUT2D eigenvalue weighted by molar-refractivity contribution is 4.67. The Hall–Kier alpha value is -0.0800. The second-order valence-electron chi connectivity index (χ2n) is 2.97. The molecule has 0 aliphatic carbocycles. The first-order chi connectivity index (χ1) is 4.83. The van der Waals surface area contributed by atoms with Crippen molar-refractivity contribution in [3.8, 4) is 0 Å². The molecular weight excluding hydrogens is 126 g/mol. The smallest absolute Gasteiger partial charge is 0.108 e. The number of rotatable bonds is 3. The van der Waals surface area contributed by atoms with Crippen LogP contribution in [0.5, 0.6) is 0 Å². The zero-order valence-electron chi connectivity index (χ0n) is 6.89. The second kappa shape index (κ2) is 3.94. The van der Waals surface area contributed by atoms with Crippen LogP contribution in [0, 0.1) is 0 Å². The Balaban J connectivity index is 2.06. The van der Waals surface area contributed by atoms with Crippen LogP contribution >= 0.6 is 0 Å². The highest BCUT2D eigenvalue weighted by Gasteiger charge is 2.19. The molecule has 1 fully saturated rings. The van der Waals surface area contributed by atoms with Crippen molar-refractivity contribution < 1.29 is 4.74 Å². The number of hydrogen-bond donors (Lipinski definition) is 1. The Morgan fingerprint density at radius 3 is 2.80 bits per heavy atom. The van der Waals surface area contributed by atoms with Gasteiger partial charge >= 0.3 is 0 Å². The van der Waals surface area contributed by atoms with Crippen LogP contribution in [0.1, 0.15) is 33.1 Å². The number of nitrogens with one attached hydrogen (secondary N) is 1. The van der Waals surface area contributed by atoms with E-state index < -0.39 is 0 Å². The zero-order chi connectivity index (χ0) is 7.40. The van der Waals surface area contributed by atoms with Crippen LogP contribution in [0.15, 0.2) is 0 Å². The minimum Gasteiger partial charge on any atom is -0.360 e. The lowest BCUT2D eigenvalue weighted by molar-refractivity contribution is 0.0356. The number of ether oxygens (including phenoxy) is 1. The van der Waals surface area contributed by atoms with Crippen LogP contribution in [0.4, 0.5) is 0 Å². The van der Waals surface area contributed by atoms with Crippen molar-refractivity contribution in [2.75, 3.05) is 6.54 Å². The van der Waals surface area contributed by atoms with Gasteiger partial charge in [0.05, 0.1) is 6.10 Å². The molecule has 0 amide bonds. The van der Waals surface area contributed by atoms with Crippen LogP contribution in [0.25, 0.3) is 0 Å². The lowest BCUT2D eigenvalue weighted by atomic mass is 10.2. The van der Waals surface area contributed by atoms with E-state index in [0.717, 1.165) is 6.54 Å². The molecule has 0 aromatic heterocycles. The Morgan fingerprint density at radius 1 is 1.50 bits per heavy atom. The SMILES string of the molecule is CCCN[C@H]1CC[C@@H](C)O1. The molecule has 0 radical (unpaired) electrons. The summed E-state index contributed by atoms with van der Waals surface area (Å²) in [5, 5.41) is 3.34. The van der Waals surface area contributed by atoms with E-state index >= 15 is 0 Å². The summed E-state index contributed by atoms with van der Waals surface area (Å²) < 4.78 is 5.55. The highest BCUT2D eigenvalue weighted by Crippen LogP contribution is 2.16. The van der Waals surface area contributed by atoms with Crippen LogP contribution in [0.3, 0.4) is 0 Å². The third-order valence-electron chi connectivity index (χ3n) is 1.85. The fourth-order valence-electron chi connectivity index (χ4n) is 1.26. The summed E-state index contributed by atoms with van der Waals surface area (Å²) in [5.41, 5.74) is 0. The molecule has 2 atom stereocenters. The molecule has 2 nitrogen and oxygen atoms in total. The first-order valence-electron chi connectivity index (χ1n) is 4.21. The van der Waals surface area contributed by atoms with Crippen molar-refractivity contribution in [2.45, 2.75) is 45.4 Å². The van der Waals surface area contributed by atoms with E-state index in [2.05, 4.69) is 19.2 Å². The molecule has 1 N–H and O–H groups in total. The summed E-state index contributed by atoms with van der Waals surface area (Å²) in [4.78, 5) is 0. The molecule has 1 aliphatic heterocycles. The molecule has 0 spiro atoms. The minimum atomic E-state index is 0.343. The van der Waals surface area contributed by atoms with Gasteiger partial charge in [-0.05, 0) is 32.7 Å². The lowest BCUT2D eigenvalue weighted by Crippen LogP contribution is -2.29. The largest absolute Gasteiger partial charge is 0.360 e. The Kier molecular flexibility index (Phi) is 3.16. The topological polar surface area (TPSA) is 21.3 Å². The summed E-state index contributed by atoms with van der Waals surface area (Å²) in [6, 6.07) is 0. The molecule has 60 valence electrons. The predicted molar refractivity (Wildman–Crippen MR) is 41.9 cm³/mol. The Bertz CT molecular complexity index is 95.3. The average Bonchev–Trinajstić information content (AvgIpc) is 2.31. The third kappa shape index (κ3) is 2.27. The van der Waals surface area contributed by atoms with Crippen LogP contribution < -0.4 is 5.32 Å². The van der Waals surface area contributed by atoms with Gasteiger partial charge in [-0.15, -0.1) is 0 Å². The van der Waals surface area contributed by atoms with Crippen molar-refractivity contribution in [3.05, 3.63) is 0 Å². The van der Waals surface area contributed by atoms with Crippen LogP contribution in [-0.2, 0) is 4.74 Å². The molecular formula is C8H17NO. The molecule has 0 aromatic carbocycles. The average molecular weight is 143 g/mol. The van der Waals surface area contributed by atoms with E-state index in [1.807, 2.05) is 0 Å². The molecule has 0 aromatic rings. The first kappa shape index (κ1) is 8.02. The monoisotopic (exact) mass is 143 g/mol. The van der Waals surface area contributed by atoms with E-state index in [4.69, 9.17) is 4.74 Å². The van der Waals surface area contributed by atoms with E-state index in [1.165, 1.54) is 19.3 Å². The lowest BCUT2D eigenvalue weighted by Gasteiger charge is -2.11. The summed E-state index contributed by atoms with van der Waals surface area (Å²) >= 11 is 0. The predicted octanol–water partition coefficient (Wildman–Crippen LogP) is 1.51. The molecule has 1 aliphatic rings. The van der Waals surface area contributed by atoms with Crippen molar-refractivity contribution in [1.29, 1.82) is 0 Å². The van der Waals surface area contributed by atoms with Gasteiger partial charge < -0.3 is 4.74 Å². The number of hydrogen-bond acceptors (Lipinski definition) is 2. The maximum atomic E-state index is 5.55. The second-order valence-corrected chi connectivity index (χ2v) is 2.97. The molecule has 1 rings (SSSR count). The van der Waals surface area contributed by atoms with Gasteiger partial charge in [-0.2, -0.15) is 0 Å². The summed E-state index contributed by atoms with van der Waals surface area (Å²) in [7, 11) is 0. The fourth-order valence-corrected chi connectivity index (χ4v) is 1.26. The van der Waals surface area contributed by atoms with Gasteiger partial charge in [0.25, 0.3) is 0 Å². The van der Waals surface area contributed by atoms with Crippen molar-refractivity contribution >= 4 is 0 Å². The van der Waals surface area contributed by atoms with Crippen molar-refractivity contribution in [3.63, 3.8) is 0 Å². The van der Waals surface area contributed by atoms with E-state index in [0.29, 0.717) is 12.3 Å². The normalized spacial score (nSPS) is 33.0. The third-order valence-corrected chi connectivity index (χ3v) is 1.85. The van der Waals surface area contributed by atoms with Gasteiger partial charge in [-0.3, -0.25) is 5.32 Å². The van der Waals surface area contributed by atoms with Gasteiger partial charge in [-0.1, -0.05) is 6.92 Å². The molecule has 0 bridgehead atoms. The fraction of sp³-hybridized carbons (Fsp3) is 1.00.